The first-order valence-corrected chi connectivity index (χ1v) is 21.3. The Morgan fingerprint density at radius 3 is 2.48 bits per heavy atom. The van der Waals surface area contributed by atoms with Gasteiger partial charge in [-0.3, -0.25) is 14.6 Å². The SMILES string of the molecule is C#CCCN(C)[C@H]1C[C@@H](C)O[C@H]2O[C@@H]3[C@@H](C)C(=O)[C@](C)(F)C(=O)O[C@H](CC)[C@@]4(C)OC(=O)N(CCCCn5cnc(-c6cccnc6)c5)C4[C@@H](C)C(=O)[C@H](C)CC3(OC)C21. The number of halogens is 1. The van der Waals surface area contributed by atoms with Crippen molar-refractivity contribution in [1.82, 2.24) is 24.3 Å². The number of imidazole rings is 1. The average Bonchev–Trinajstić information content (AvgIpc) is 3.91. The lowest BCUT2D eigenvalue weighted by atomic mass is 9.67. The number of rotatable bonds is 11. The molecule has 15 heteroatoms. The van der Waals surface area contributed by atoms with Crippen molar-refractivity contribution in [3.63, 3.8) is 0 Å². The van der Waals surface area contributed by atoms with Crippen LogP contribution in [0.15, 0.2) is 37.1 Å². The number of hydrogen-bond acceptors (Lipinski definition) is 12. The molecule has 1 amide bonds. The first-order valence-electron chi connectivity index (χ1n) is 21.3. The topological polar surface area (TPSA) is 152 Å². The van der Waals surface area contributed by atoms with Crippen molar-refractivity contribution in [3.8, 4) is 23.6 Å². The molecule has 0 saturated carbocycles. The number of esters is 1. The molecule has 328 valence electrons. The second-order valence-corrected chi connectivity index (χ2v) is 17.7. The third kappa shape index (κ3) is 8.24. The number of unbranched alkanes of at least 4 members (excludes halogenated alkanes) is 1. The molecule has 4 fully saturated rings. The Balaban J connectivity index is 1.34. The fourth-order valence-electron chi connectivity index (χ4n) is 10.5. The molecule has 60 heavy (non-hydrogen) atoms. The summed E-state index contributed by atoms with van der Waals surface area (Å²) in [6.45, 7) is 12.7. The highest BCUT2D eigenvalue weighted by Crippen LogP contribution is 2.53. The number of fused-ring (bicyclic) bond motifs is 4. The minimum absolute atomic E-state index is 0.0855. The number of ketones is 2. The molecular weight excluding hydrogens is 774 g/mol. The first kappa shape index (κ1) is 45.3. The maximum absolute atomic E-state index is 17.0. The Labute approximate surface area is 353 Å². The van der Waals surface area contributed by atoms with Crippen molar-refractivity contribution < 1.29 is 47.3 Å². The van der Waals surface area contributed by atoms with Gasteiger partial charge in [-0.2, -0.15) is 0 Å². The number of cyclic esters (lactones) is 1. The Bertz CT molecular complexity index is 1920. The van der Waals surface area contributed by atoms with Crippen LogP contribution in [0.3, 0.4) is 0 Å². The Hall–Kier alpha value is -4.23. The number of ether oxygens (including phenoxy) is 5. The molecule has 0 aromatic carbocycles. The number of Topliss-reactive ketones (excluding diaryl/α,β-unsaturated/α-hetero) is 2. The van der Waals surface area contributed by atoms with Gasteiger partial charge in [-0.1, -0.05) is 27.7 Å². The average molecular weight is 836 g/mol. The van der Waals surface area contributed by atoms with Gasteiger partial charge in [0.15, 0.2) is 17.7 Å². The number of nitrogens with zero attached hydrogens (tertiary/aromatic N) is 5. The Morgan fingerprint density at radius 1 is 1.08 bits per heavy atom. The van der Waals surface area contributed by atoms with E-state index in [9.17, 15) is 14.4 Å². The van der Waals surface area contributed by atoms with Gasteiger partial charge in [0.1, 0.15) is 17.5 Å². The minimum atomic E-state index is -3.11. The predicted molar refractivity (Wildman–Crippen MR) is 219 cm³/mol. The summed E-state index contributed by atoms with van der Waals surface area (Å²) in [7, 11) is 3.47. The van der Waals surface area contributed by atoms with Gasteiger partial charge in [0, 0.05) is 81.1 Å². The van der Waals surface area contributed by atoms with Crippen molar-refractivity contribution in [2.24, 2.45) is 23.7 Å². The Kier molecular flexibility index (Phi) is 13.6. The summed E-state index contributed by atoms with van der Waals surface area (Å²) >= 11 is 0. The van der Waals surface area contributed by atoms with Gasteiger partial charge in [0.05, 0.1) is 36.2 Å². The van der Waals surface area contributed by atoms with Gasteiger partial charge in [-0.15, -0.1) is 12.3 Å². The molecule has 3 unspecified atom stereocenters. The number of aryl methyl sites for hydroxylation is 1. The molecule has 6 heterocycles. The van der Waals surface area contributed by atoms with Gasteiger partial charge in [0.25, 0.3) is 5.67 Å². The summed E-state index contributed by atoms with van der Waals surface area (Å²) in [5.74, 6) is -3.24. The summed E-state index contributed by atoms with van der Waals surface area (Å²) in [6.07, 6.45) is 11.2. The number of alkyl halides is 1. The quantitative estimate of drug-likeness (QED) is 0.119. The van der Waals surface area contributed by atoms with E-state index in [0.29, 0.717) is 38.8 Å². The standard InChI is InChI=1S/C45H62FN5O9/c1-11-13-19-49(9)33-22-28(4)57-40-35(33)45(56-10)23-27(3)36(52)29(5)37-44(8,34(12-2)58-41(54)43(7,46)38(53)30(6)39(45)59-40)60-42(55)51(37)21-15-14-20-50-25-32(48-26-50)31-17-16-18-47-24-31/h1,16-18,24-30,33-35,37,39-40H,12-15,19-23H2,2-10H3/t27-,28-,29+,30+,33+,34-,35?,37?,39-,40+,43+,44-,45?/m1/s1. The van der Waals surface area contributed by atoms with Crippen LogP contribution in [-0.2, 0) is 44.6 Å². The summed E-state index contributed by atoms with van der Waals surface area (Å²) in [4.78, 5) is 69.6. The molecular formula is C45H62FN5O9. The van der Waals surface area contributed by atoms with E-state index in [1.54, 1.807) is 44.4 Å². The first-order chi connectivity index (χ1) is 28.4. The van der Waals surface area contributed by atoms with Gasteiger partial charge in [-0.05, 0) is 72.1 Å². The van der Waals surface area contributed by atoms with Crippen LogP contribution >= 0.6 is 0 Å². The molecule has 2 aromatic rings. The molecule has 4 aliphatic rings. The van der Waals surface area contributed by atoms with Crippen LogP contribution in [0, 0.1) is 36.0 Å². The maximum atomic E-state index is 17.0. The van der Waals surface area contributed by atoms with Gasteiger partial charge in [-0.25, -0.2) is 19.0 Å². The van der Waals surface area contributed by atoms with E-state index < -0.39 is 82.9 Å². The monoisotopic (exact) mass is 835 g/mol. The number of aromatic nitrogens is 3. The predicted octanol–water partition coefficient (Wildman–Crippen LogP) is 5.66. The minimum Gasteiger partial charge on any atom is -0.455 e. The lowest BCUT2D eigenvalue weighted by Gasteiger charge is -2.49. The number of terminal acetylenes is 1. The van der Waals surface area contributed by atoms with Crippen molar-refractivity contribution in [2.45, 2.75) is 147 Å². The molecule has 0 bridgehead atoms. The molecule has 4 aliphatic heterocycles. The summed E-state index contributed by atoms with van der Waals surface area (Å²) in [5, 5.41) is 0. The van der Waals surface area contributed by atoms with E-state index in [0.717, 1.165) is 18.2 Å². The number of carbonyl (C=O) groups is 4. The summed E-state index contributed by atoms with van der Waals surface area (Å²) < 4.78 is 50.5. The Morgan fingerprint density at radius 2 is 1.82 bits per heavy atom. The number of amides is 1. The molecule has 14 nitrogen and oxygen atoms in total. The smallest absolute Gasteiger partial charge is 0.410 e. The molecule has 0 radical (unpaired) electrons. The second kappa shape index (κ2) is 18.0. The van der Waals surface area contributed by atoms with Crippen LogP contribution in [0.1, 0.15) is 87.0 Å². The number of carbonyl (C=O) groups excluding carboxylic acids is 4. The van der Waals surface area contributed by atoms with Crippen molar-refractivity contribution in [1.29, 1.82) is 0 Å². The summed E-state index contributed by atoms with van der Waals surface area (Å²) in [6, 6.07) is 2.67. The van der Waals surface area contributed by atoms with E-state index >= 15 is 9.18 Å². The number of methoxy groups -OCH3 is 1. The number of hydrogen-bond donors (Lipinski definition) is 0. The van der Waals surface area contributed by atoms with Crippen molar-refractivity contribution in [2.75, 3.05) is 27.2 Å². The van der Waals surface area contributed by atoms with E-state index in [4.69, 9.17) is 30.1 Å². The lowest BCUT2D eigenvalue weighted by molar-refractivity contribution is -0.214. The zero-order valence-electron chi connectivity index (χ0n) is 36.5. The van der Waals surface area contributed by atoms with Gasteiger partial charge < -0.3 is 38.1 Å². The van der Waals surface area contributed by atoms with Gasteiger partial charge >= 0.3 is 12.1 Å². The fraction of sp³-hybridized carbons (Fsp3) is 0.689. The van der Waals surface area contributed by atoms with Crippen molar-refractivity contribution >= 4 is 23.6 Å². The highest BCUT2D eigenvalue weighted by atomic mass is 19.1. The lowest BCUT2D eigenvalue weighted by Crippen LogP contribution is -2.62. The molecule has 6 rings (SSSR count). The number of pyridine rings is 1. The molecule has 0 aliphatic carbocycles. The maximum Gasteiger partial charge on any atom is 0.410 e. The normalized spacial score (nSPS) is 37.5. The van der Waals surface area contributed by atoms with Crippen LogP contribution in [-0.4, -0.2) is 129 Å². The van der Waals surface area contributed by atoms with Gasteiger partial charge in [0.2, 0.25) is 0 Å². The molecule has 0 spiro atoms. The molecule has 13 atom stereocenters. The zero-order valence-corrected chi connectivity index (χ0v) is 36.5. The second-order valence-electron chi connectivity index (χ2n) is 17.7. The van der Waals surface area contributed by atoms with Crippen LogP contribution in [0.25, 0.3) is 11.3 Å². The van der Waals surface area contributed by atoms with Crippen molar-refractivity contribution in [3.05, 3.63) is 37.1 Å². The molecule has 2 aromatic heterocycles. The van der Waals surface area contributed by atoms with Crippen LogP contribution in [0.5, 0.6) is 0 Å². The largest absolute Gasteiger partial charge is 0.455 e. The zero-order chi connectivity index (χ0) is 43.7. The molecule has 0 N–H and O–H groups in total. The molecule has 4 saturated heterocycles. The third-order valence-corrected chi connectivity index (χ3v) is 13.7. The highest BCUT2D eigenvalue weighted by molar-refractivity contribution is 6.08. The van der Waals surface area contributed by atoms with E-state index in [2.05, 4.69) is 20.8 Å². The summed E-state index contributed by atoms with van der Waals surface area (Å²) in [5.41, 5.74) is -4.35. The van der Waals surface area contributed by atoms with Crippen LogP contribution in [0.2, 0.25) is 0 Å². The van der Waals surface area contributed by atoms with E-state index in [-0.39, 0.29) is 37.3 Å². The van der Waals surface area contributed by atoms with Crippen LogP contribution in [0.4, 0.5) is 9.18 Å². The van der Waals surface area contributed by atoms with Crippen LogP contribution < -0.4 is 0 Å². The van der Waals surface area contributed by atoms with E-state index in [1.807, 2.05) is 43.8 Å². The highest BCUT2D eigenvalue weighted by Gasteiger charge is 2.67. The fourth-order valence-corrected chi connectivity index (χ4v) is 10.5. The van der Waals surface area contributed by atoms with E-state index in [1.165, 1.54) is 14.0 Å². The third-order valence-electron chi connectivity index (χ3n) is 13.7.